The minimum atomic E-state index is -0.758. The molecular weight excluding hydrogens is 194 g/mol. The first kappa shape index (κ1) is 9.46. The Balaban J connectivity index is 1.48. The van der Waals surface area contributed by atoms with Crippen molar-refractivity contribution in [2.24, 2.45) is 17.8 Å². The summed E-state index contributed by atoms with van der Waals surface area (Å²) < 4.78 is 5.31. The van der Waals surface area contributed by atoms with Crippen LogP contribution in [0, 0.1) is 17.8 Å². The van der Waals surface area contributed by atoms with Gasteiger partial charge >= 0.3 is 6.09 Å². The van der Waals surface area contributed by atoms with E-state index in [2.05, 4.69) is 0 Å². The van der Waals surface area contributed by atoms with E-state index < -0.39 is 6.09 Å². The van der Waals surface area contributed by atoms with E-state index in [1.165, 1.54) is 6.42 Å². The van der Waals surface area contributed by atoms with Crippen LogP contribution in [0.2, 0.25) is 0 Å². The first-order valence-corrected chi connectivity index (χ1v) is 5.85. The van der Waals surface area contributed by atoms with E-state index in [4.69, 9.17) is 9.84 Å². The van der Waals surface area contributed by atoms with Gasteiger partial charge in [0.25, 0.3) is 0 Å². The van der Waals surface area contributed by atoms with Crippen LogP contribution in [-0.2, 0) is 4.74 Å². The number of piperidine rings is 1. The highest BCUT2D eigenvalue weighted by atomic mass is 16.6. The van der Waals surface area contributed by atoms with E-state index >= 15 is 0 Å². The number of likely N-dealkylation sites (tertiary alicyclic amines) is 1. The molecule has 1 amide bonds. The maximum atomic E-state index is 10.7. The molecule has 1 N–H and O–H groups in total. The topological polar surface area (TPSA) is 53.1 Å². The predicted octanol–water partition coefficient (Wildman–Crippen LogP) is 1.41. The van der Waals surface area contributed by atoms with Crippen molar-refractivity contribution in [3.63, 3.8) is 0 Å². The summed E-state index contributed by atoms with van der Waals surface area (Å²) in [7, 11) is 0. The largest absolute Gasteiger partial charge is 0.465 e. The van der Waals surface area contributed by atoms with E-state index in [1.54, 1.807) is 4.90 Å². The minimum absolute atomic E-state index is 0.563. The Hall–Kier alpha value is -0.770. The standard InChI is InChI=1S/C11H17NO3/c13-11(14)12-3-1-7(2-4-12)8-5-9(8)10-6-15-10/h7-10H,1-6H2,(H,13,14)/t8-,9-,10?/m1/s1. The maximum absolute atomic E-state index is 10.7. The molecule has 2 saturated heterocycles. The molecule has 4 nitrogen and oxygen atoms in total. The van der Waals surface area contributed by atoms with Gasteiger partial charge in [-0.1, -0.05) is 0 Å². The first-order chi connectivity index (χ1) is 7.25. The summed E-state index contributed by atoms with van der Waals surface area (Å²) in [4.78, 5) is 12.3. The lowest BCUT2D eigenvalue weighted by Gasteiger charge is -2.30. The van der Waals surface area contributed by atoms with Gasteiger partial charge in [0.15, 0.2) is 0 Å². The molecule has 4 heteroatoms. The molecule has 0 bridgehead atoms. The Morgan fingerprint density at radius 1 is 1.27 bits per heavy atom. The summed E-state index contributed by atoms with van der Waals surface area (Å²) in [6, 6.07) is 0. The molecule has 1 saturated carbocycles. The molecule has 1 unspecified atom stereocenters. The van der Waals surface area contributed by atoms with Crippen molar-refractivity contribution in [2.45, 2.75) is 25.4 Å². The normalized spacial score (nSPS) is 40.3. The molecule has 0 radical (unpaired) electrons. The fourth-order valence-electron chi connectivity index (χ4n) is 3.03. The van der Waals surface area contributed by atoms with Gasteiger partial charge in [-0.2, -0.15) is 0 Å². The third-order valence-corrected chi connectivity index (χ3v) is 4.14. The average Bonchev–Trinajstić information content (AvgIpc) is 3.09. The molecule has 0 aromatic rings. The second kappa shape index (κ2) is 3.37. The van der Waals surface area contributed by atoms with Crippen LogP contribution in [0.3, 0.4) is 0 Å². The lowest BCUT2D eigenvalue weighted by molar-refractivity contribution is 0.119. The molecule has 3 rings (SSSR count). The van der Waals surface area contributed by atoms with Crippen molar-refractivity contribution in [1.82, 2.24) is 4.90 Å². The van der Waals surface area contributed by atoms with E-state index in [-0.39, 0.29) is 0 Å². The molecule has 84 valence electrons. The predicted molar refractivity (Wildman–Crippen MR) is 53.7 cm³/mol. The number of rotatable bonds is 2. The van der Waals surface area contributed by atoms with Gasteiger partial charge in [-0.3, -0.25) is 0 Å². The zero-order chi connectivity index (χ0) is 10.4. The Labute approximate surface area is 89.2 Å². The summed E-state index contributed by atoms with van der Waals surface area (Å²) in [5.41, 5.74) is 0. The molecule has 3 atom stereocenters. The maximum Gasteiger partial charge on any atom is 0.407 e. The lowest BCUT2D eigenvalue weighted by atomic mass is 9.91. The van der Waals surface area contributed by atoms with Crippen molar-refractivity contribution in [2.75, 3.05) is 19.7 Å². The first-order valence-electron chi connectivity index (χ1n) is 5.85. The van der Waals surface area contributed by atoms with Crippen LogP contribution in [0.25, 0.3) is 0 Å². The highest BCUT2D eigenvalue weighted by Crippen LogP contribution is 2.53. The van der Waals surface area contributed by atoms with Crippen LogP contribution >= 0.6 is 0 Å². The van der Waals surface area contributed by atoms with E-state index in [1.807, 2.05) is 0 Å². The molecule has 1 aliphatic carbocycles. The lowest BCUT2D eigenvalue weighted by Crippen LogP contribution is -2.38. The SMILES string of the molecule is O=C(O)N1CCC([C@H]2C[C@H]2C2CO2)CC1. The summed E-state index contributed by atoms with van der Waals surface area (Å²) in [6.45, 7) is 2.43. The fraction of sp³-hybridized carbons (Fsp3) is 0.909. The van der Waals surface area contributed by atoms with E-state index in [9.17, 15) is 4.79 Å². The highest BCUT2D eigenvalue weighted by Gasteiger charge is 2.52. The number of ether oxygens (including phenoxy) is 1. The van der Waals surface area contributed by atoms with Gasteiger partial charge in [-0.25, -0.2) is 4.79 Å². The molecule has 3 fully saturated rings. The van der Waals surface area contributed by atoms with Crippen LogP contribution in [-0.4, -0.2) is 41.9 Å². The number of hydrogen-bond donors (Lipinski definition) is 1. The van der Waals surface area contributed by atoms with Crippen LogP contribution < -0.4 is 0 Å². The van der Waals surface area contributed by atoms with Crippen LogP contribution in [0.1, 0.15) is 19.3 Å². The molecule has 3 aliphatic rings. The Kier molecular flexibility index (Phi) is 2.12. The summed E-state index contributed by atoms with van der Waals surface area (Å²) >= 11 is 0. The summed E-state index contributed by atoms with van der Waals surface area (Å²) in [5, 5.41) is 8.83. The molecule has 0 aromatic carbocycles. The number of epoxide rings is 1. The number of hydrogen-bond acceptors (Lipinski definition) is 2. The molecule has 0 spiro atoms. The third-order valence-electron chi connectivity index (χ3n) is 4.14. The summed E-state index contributed by atoms with van der Waals surface area (Å²) in [6.07, 6.45) is 3.24. The smallest absolute Gasteiger partial charge is 0.407 e. The zero-order valence-electron chi connectivity index (χ0n) is 8.76. The van der Waals surface area contributed by atoms with Crippen molar-refractivity contribution in [3.8, 4) is 0 Å². The van der Waals surface area contributed by atoms with Crippen LogP contribution in [0.4, 0.5) is 4.79 Å². The second-order valence-corrected chi connectivity index (χ2v) is 5.04. The molecule has 2 aliphatic heterocycles. The molecule has 2 heterocycles. The summed E-state index contributed by atoms with van der Waals surface area (Å²) in [5.74, 6) is 2.41. The third kappa shape index (κ3) is 1.83. The van der Waals surface area contributed by atoms with E-state index in [0.717, 1.165) is 50.3 Å². The number of carbonyl (C=O) groups is 1. The minimum Gasteiger partial charge on any atom is -0.465 e. The Bertz CT molecular complexity index is 269. The van der Waals surface area contributed by atoms with Gasteiger partial charge in [0.2, 0.25) is 0 Å². The Morgan fingerprint density at radius 2 is 1.93 bits per heavy atom. The molecule has 15 heavy (non-hydrogen) atoms. The van der Waals surface area contributed by atoms with Crippen molar-refractivity contribution >= 4 is 6.09 Å². The van der Waals surface area contributed by atoms with Gasteiger partial charge in [0, 0.05) is 13.1 Å². The van der Waals surface area contributed by atoms with Gasteiger partial charge in [-0.15, -0.1) is 0 Å². The quantitative estimate of drug-likeness (QED) is 0.703. The average molecular weight is 211 g/mol. The van der Waals surface area contributed by atoms with E-state index in [0.29, 0.717) is 6.10 Å². The monoisotopic (exact) mass is 211 g/mol. The molecular formula is C11H17NO3. The fourth-order valence-corrected chi connectivity index (χ4v) is 3.03. The van der Waals surface area contributed by atoms with Crippen molar-refractivity contribution < 1.29 is 14.6 Å². The van der Waals surface area contributed by atoms with Crippen molar-refractivity contribution in [1.29, 1.82) is 0 Å². The van der Waals surface area contributed by atoms with Crippen LogP contribution in [0.5, 0.6) is 0 Å². The second-order valence-electron chi connectivity index (χ2n) is 5.04. The number of nitrogens with zero attached hydrogens (tertiary/aromatic N) is 1. The highest BCUT2D eigenvalue weighted by molar-refractivity contribution is 5.64. The van der Waals surface area contributed by atoms with Crippen LogP contribution in [0.15, 0.2) is 0 Å². The number of carboxylic acid groups (broad SMARTS) is 1. The van der Waals surface area contributed by atoms with Gasteiger partial charge < -0.3 is 14.7 Å². The van der Waals surface area contributed by atoms with Gasteiger partial charge in [0.1, 0.15) is 0 Å². The van der Waals surface area contributed by atoms with Gasteiger partial charge in [0.05, 0.1) is 12.7 Å². The zero-order valence-corrected chi connectivity index (χ0v) is 8.76. The Morgan fingerprint density at radius 3 is 2.47 bits per heavy atom. The van der Waals surface area contributed by atoms with Crippen molar-refractivity contribution in [3.05, 3.63) is 0 Å². The molecule has 0 aromatic heterocycles. The van der Waals surface area contributed by atoms with Gasteiger partial charge in [-0.05, 0) is 37.0 Å². The number of amides is 1.